The number of carbonyl (C=O) groups is 2. The molecule has 2 aromatic rings. The molecule has 0 saturated carbocycles. The van der Waals surface area contributed by atoms with Gasteiger partial charge >= 0.3 is 5.97 Å². The molecule has 114 valence electrons. The van der Waals surface area contributed by atoms with Crippen LogP contribution in [0, 0.1) is 6.92 Å². The molecule has 22 heavy (non-hydrogen) atoms. The topological polar surface area (TPSA) is 55.4 Å². The van der Waals surface area contributed by atoms with E-state index in [0.717, 1.165) is 11.1 Å². The van der Waals surface area contributed by atoms with Crippen LogP contribution in [-0.2, 0) is 9.59 Å². The number of carbonyl (C=O) groups excluding carboxylic acids is 2. The Kier molecular flexibility index (Phi) is 5.31. The third kappa shape index (κ3) is 4.74. The molecule has 1 N–H and O–H groups in total. The van der Waals surface area contributed by atoms with Gasteiger partial charge in [-0.1, -0.05) is 42.5 Å². The molecule has 4 heteroatoms. The second-order valence-corrected chi connectivity index (χ2v) is 5.16. The monoisotopic (exact) mass is 297 g/mol. The van der Waals surface area contributed by atoms with Gasteiger partial charge in [-0.2, -0.15) is 0 Å². The fourth-order valence-electron chi connectivity index (χ4n) is 2.20. The van der Waals surface area contributed by atoms with E-state index in [1.54, 1.807) is 12.1 Å². The minimum Gasteiger partial charge on any atom is -0.426 e. The molecule has 0 aliphatic rings. The van der Waals surface area contributed by atoms with Crippen molar-refractivity contribution in [1.29, 1.82) is 0 Å². The molecule has 1 amide bonds. The summed E-state index contributed by atoms with van der Waals surface area (Å²) in [5, 5.41) is 2.78. The molecule has 0 bridgehead atoms. The van der Waals surface area contributed by atoms with E-state index in [4.69, 9.17) is 4.74 Å². The molecule has 4 nitrogen and oxygen atoms in total. The van der Waals surface area contributed by atoms with Crippen LogP contribution < -0.4 is 10.1 Å². The molecular formula is C18H19NO3. The summed E-state index contributed by atoms with van der Waals surface area (Å²) in [4.78, 5) is 23.5. The molecule has 2 aromatic carbocycles. The zero-order chi connectivity index (χ0) is 15.9. The van der Waals surface area contributed by atoms with Crippen molar-refractivity contribution in [3.05, 3.63) is 65.7 Å². The van der Waals surface area contributed by atoms with Crippen LogP contribution in [0.4, 0.5) is 0 Å². The average molecular weight is 297 g/mol. The summed E-state index contributed by atoms with van der Waals surface area (Å²) in [5.41, 5.74) is 1.89. The zero-order valence-corrected chi connectivity index (χ0v) is 12.7. The highest BCUT2D eigenvalue weighted by Gasteiger charge is 2.18. The fraction of sp³-hybridized carbons (Fsp3) is 0.222. The van der Waals surface area contributed by atoms with Crippen LogP contribution >= 0.6 is 0 Å². The van der Waals surface area contributed by atoms with Crippen LogP contribution in [0.1, 0.15) is 30.5 Å². The molecular weight excluding hydrogens is 278 g/mol. The third-order valence-electron chi connectivity index (χ3n) is 3.17. The number of nitrogens with one attached hydrogen (secondary N) is 1. The lowest BCUT2D eigenvalue weighted by atomic mass is 10.0. The quantitative estimate of drug-likeness (QED) is 0.681. The van der Waals surface area contributed by atoms with Gasteiger partial charge in [-0.25, -0.2) is 0 Å². The van der Waals surface area contributed by atoms with Crippen molar-refractivity contribution in [2.45, 2.75) is 26.3 Å². The highest BCUT2D eigenvalue weighted by Crippen LogP contribution is 2.19. The smallest absolute Gasteiger partial charge is 0.313 e. The first-order valence-electron chi connectivity index (χ1n) is 7.14. The molecule has 2 rings (SSSR count). The second-order valence-electron chi connectivity index (χ2n) is 5.16. The van der Waals surface area contributed by atoms with Crippen LogP contribution in [0.3, 0.4) is 0 Å². The summed E-state index contributed by atoms with van der Waals surface area (Å²) in [7, 11) is 0. The van der Waals surface area contributed by atoms with Crippen molar-refractivity contribution in [1.82, 2.24) is 5.32 Å². The highest BCUT2D eigenvalue weighted by atomic mass is 16.5. The number of esters is 1. The Morgan fingerprint density at radius 3 is 2.45 bits per heavy atom. The Labute approximate surface area is 130 Å². The lowest BCUT2D eigenvalue weighted by Gasteiger charge is -2.17. The van der Waals surface area contributed by atoms with Gasteiger partial charge in [0, 0.05) is 6.92 Å². The van der Waals surface area contributed by atoms with E-state index in [9.17, 15) is 9.59 Å². The molecule has 0 radical (unpaired) electrons. The molecule has 0 aliphatic carbocycles. The van der Waals surface area contributed by atoms with E-state index in [2.05, 4.69) is 5.32 Å². The Morgan fingerprint density at radius 2 is 1.82 bits per heavy atom. The molecule has 0 unspecified atom stereocenters. The summed E-state index contributed by atoms with van der Waals surface area (Å²) >= 11 is 0. The average Bonchev–Trinajstić information content (AvgIpc) is 2.47. The predicted octanol–water partition coefficient (Wildman–Crippen LogP) is 3.17. The predicted molar refractivity (Wildman–Crippen MR) is 84.4 cm³/mol. The van der Waals surface area contributed by atoms with Crippen LogP contribution in [0.25, 0.3) is 0 Å². The van der Waals surface area contributed by atoms with Gasteiger partial charge in [-0.05, 0) is 30.2 Å². The van der Waals surface area contributed by atoms with Gasteiger partial charge in [0.25, 0.3) is 0 Å². The van der Waals surface area contributed by atoms with E-state index in [0.29, 0.717) is 5.75 Å². The van der Waals surface area contributed by atoms with Gasteiger partial charge in [-0.15, -0.1) is 0 Å². The first-order valence-corrected chi connectivity index (χ1v) is 7.14. The van der Waals surface area contributed by atoms with E-state index in [1.807, 2.05) is 49.4 Å². The number of rotatable bonds is 5. The van der Waals surface area contributed by atoms with Gasteiger partial charge in [0.1, 0.15) is 5.75 Å². The SMILES string of the molecule is CC(=O)N[C@H](CC(=O)Oc1cccc(C)c1)c1ccccc1. The number of aryl methyl sites for hydroxylation is 1. The maximum absolute atomic E-state index is 12.1. The van der Waals surface area contributed by atoms with E-state index in [1.165, 1.54) is 6.92 Å². The molecule has 0 aliphatic heterocycles. The molecule has 0 spiro atoms. The summed E-state index contributed by atoms with van der Waals surface area (Å²) in [6.45, 7) is 3.36. The first kappa shape index (κ1) is 15.8. The van der Waals surface area contributed by atoms with E-state index >= 15 is 0 Å². The van der Waals surface area contributed by atoms with Gasteiger partial charge < -0.3 is 10.1 Å². The third-order valence-corrected chi connectivity index (χ3v) is 3.17. The standard InChI is InChI=1S/C18H19NO3/c1-13-7-6-10-16(11-13)22-18(21)12-17(19-14(2)20)15-8-4-3-5-9-15/h3-11,17H,12H2,1-2H3,(H,19,20)/t17-/m1/s1. The summed E-state index contributed by atoms with van der Waals surface area (Å²) in [6.07, 6.45) is 0.0809. The second kappa shape index (κ2) is 7.41. The molecule has 1 atom stereocenters. The molecule has 0 heterocycles. The summed E-state index contributed by atoms with van der Waals surface area (Å²) in [5.74, 6) is -0.0509. The van der Waals surface area contributed by atoms with Gasteiger partial charge in [0.05, 0.1) is 12.5 Å². The Morgan fingerprint density at radius 1 is 1.09 bits per heavy atom. The summed E-state index contributed by atoms with van der Waals surface area (Å²) in [6, 6.07) is 16.3. The Bertz CT molecular complexity index is 652. The Hall–Kier alpha value is -2.62. The number of amides is 1. The minimum absolute atomic E-state index is 0.0809. The number of hydrogen-bond donors (Lipinski definition) is 1. The van der Waals surface area contributed by atoms with Gasteiger partial charge in [0.15, 0.2) is 0 Å². The lowest BCUT2D eigenvalue weighted by molar-refractivity contribution is -0.135. The van der Waals surface area contributed by atoms with Crippen molar-refractivity contribution >= 4 is 11.9 Å². The van der Waals surface area contributed by atoms with Crippen molar-refractivity contribution in [2.24, 2.45) is 0 Å². The van der Waals surface area contributed by atoms with E-state index in [-0.39, 0.29) is 18.3 Å². The van der Waals surface area contributed by atoms with Crippen LogP contribution in [0.5, 0.6) is 5.75 Å². The Balaban J connectivity index is 2.06. The molecule has 0 saturated heterocycles. The molecule has 0 aromatic heterocycles. The van der Waals surface area contributed by atoms with Crippen LogP contribution in [0.2, 0.25) is 0 Å². The van der Waals surface area contributed by atoms with Crippen molar-refractivity contribution in [3.63, 3.8) is 0 Å². The van der Waals surface area contributed by atoms with Crippen molar-refractivity contribution in [3.8, 4) is 5.75 Å². The first-order chi connectivity index (χ1) is 10.5. The largest absolute Gasteiger partial charge is 0.426 e. The maximum Gasteiger partial charge on any atom is 0.313 e. The van der Waals surface area contributed by atoms with Crippen molar-refractivity contribution < 1.29 is 14.3 Å². The minimum atomic E-state index is -0.393. The normalized spacial score (nSPS) is 11.5. The number of benzene rings is 2. The van der Waals surface area contributed by atoms with E-state index < -0.39 is 6.04 Å². The lowest BCUT2D eigenvalue weighted by Crippen LogP contribution is -2.29. The van der Waals surface area contributed by atoms with Gasteiger partial charge in [0.2, 0.25) is 5.91 Å². The number of ether oxygens (including phenoxy) is 1. The number of hydrogen-bond acceptors (Lipinski definition) is 3. The van der Waals surface area contributed by atoms with Crippen molar-refractivity contribution in [2.75, 3.05) is 0 Å². The maximum atomic E-state index is 12.1. The zero-order valence-electron chi connectivity index (χ0n) is 12.7. The van der Waals surface area contributed by atoms with Crippen LogP contribution in [-0.4, -0.2) is 11.9 Å². The molecule has 0 fully saturated rings. The fourth-order valence-corrected chi connectivity index (χ4v) is 2.20. The summed E-state index contributed by atoms with van der Waals surface area (Å²) < 4.78 is 5.34. The van der Waals surface area contributed by atoms with Crippen LogP contribution in [0.15, 0.2) is 54.6 Å². The highest BCUT2D eigenvalue weighted by molar-refractivity contribution is 5.77. The van der Waals surface area contributed by atoms with Gasteiger partial charge in [-0.3, -0.25) is 9.59 Å².